The van der Waals surface area contributed by atoms with Crippen LogP contribution in [0.5, 0.6) is 0 Å². The van der Waals surface area contributed by atoms with Crippen molar-refractivity contribution in [3.05, 3.63) is 188 Å². The standard InChI is InChI=1S/C51H31N5O/c1-3-14-32(15-4-1)33-26-28-34(29-27-33)49-52-50(41-22-13-21-39-37-19-9-12-25-45(37)57-48(39)41)54-51(53-49)56-43-24-11-8-20-40(43)46-44(56)31-30-38-36-18-7-10-23-42(36)55(47(38)46)35-16-5-2-6-17-35/h1-31H/i1D,3D,4D,9D,12D,13D,14D,15D,19D,21D,22D,25D,26D,27D,28D,29D. The summed E-state index contributed by atoms with van der Waals surface area (Å²) in [4.78, 5) is 14.5. The van der Waals surface area contributed by atoms with Gasteiger partial charge in [-0.1, -0.05) is 145 Å². The minimum atomic E-state index is -0.790. The third-order valence-corrected chi connectivity index (χ3v) is 10.1. The zero-order valence-electron chi connectivity index (χ0n) is 45.3. The number of para-hydroxylation sites is 5. The van der Waals surface area contributed by atoms with Crippen LogP contribution in [0, 0.1) is 0 Å². The number of nitrogens with zero attached hydrogens (tertiary/aromatic N) is 5. The van der Waals surface area contributed by atoms with Gasteiger partial charge in [0.15, 0.2) is 11.6 Å². The Labute approximate surface area is 349 Å². The van der Waals surface area contributed by atoms with Gasteiger partial charge in [0.1, 0.15) is 11.2 Å². The van der Waals surface area contributed by atoms with E-state index < -0.39 is 125 Å². The summed E-state index contributed by atoms with van der Waals surface area (Å²) in [5, 5.41) is 2.95. The summed E-state index contributed by atoms with van der Waals surface area (Å²) in [6, 6.07) is 17.9. The first-order valence-corrected chi connectivity index (χ1v) is 17.8. The highest BCUT2D eigenvalue weighted by Crippen LogP contribution is 2.42. The van der Waals surface area contributed by atoms with E-state index in [-0.39, 0.29) is 33.5 Å². The Balaban J connectivity index is 1.24. The molecule has 0 amide bonds. The summed E-state index contributed by atoms with van der Waals surface area (Å²) >= 11 is 0. The normalized spacial score (nSPS) is 15.8. The van der Waals surface area contributed by atoms with Crippen molar-refractivity contribution in [2.24, 2.45) is 0 Å². The predicted molar refractivity (Wildman–Crippen MR) is 232 cm³/mol. The smallest absolute Gasteiger partial charge is 0.238 e. The van der Waals surface area contributed by atoms with Crippen molar-refractivity contribution in [2.45, 2.75) is 0 Å². The van der Waals surface area contributed by atoms with Crippen LogP contribution < -0.4 is 0 Å². The maximum absolute atomic E-state index is 9.44. The van der Waals surface area contributed by atoms with Gasteiger partial charge in [0.05, 0.1) is 49.6 Å². The first kappa shape index (κ1) is 19.7. The number of aromatic nitrogens is 5. The van der Waals surface area contributed by atoms with E-state index in [9.17, 15) is 6.85 Å². The van der Waals surface area contributed by atoms with Gasteiger partial charge in [-0.15, -0.1) is 0 Å². The molecule has 0 aliphatic carbocycles. The van der Waals surface area contributed by atoms with Crippen molar-refractivity contribution < 1.29 is 26.3 Å². The summed E-state index contributed by atoms with van der Waals surface area (Å²) < 4.78 is 151. The average molecular weight is 746 g/mol. The molecule has 0 N–H and O–H groups in total. The molecule has 4 heterocycles. The Hall–Kier alpha value is -7.83. The molecule has 0 saturated heterocycles. The van der Waals surface area contributed by atoms with Gasteiger partial charge in [0, 0.05) is 43.6 Å². The first-order chi connectivity index (χ1) is 34.9. The van der Waals surface area contributed by atoms with E-state index in [2.05, 4.69) is 4.57 Å². The highest BCUT2D eigenvalue weighted by atomic mass is 16.3. The van der Waals surface area contributed by atoms with Gasteiger partial charge in [0.25, 0.3) is 0 Å². The maximum atomic E-state index is 9.44. The molecule has 0 atom stereocenters. The fourth-order valence-electron chi connectivity index (χ4n) is 7.67. The largest absolute Gasteiger partial charge is 0.455 e. The SMILES string of the molecule is [2H]c1c([2H])c([2H])c(-c2c([2H])c([2H])c(-c3nc(-c4c([2H])c([2H])c([2H])c5c4oc4c([2H])c([2H])c([2H])c([2H])c45)nc(-n4c5ccccc5c5c4ccc4c6ccccc6n(-c6ccccc6)c45)n3)c([2H])c2[2H])c([2H])c1[2H]. The number of rotatable bonds is 5. The molecule has 57 heavy (non-hydrogen) atoms. The van der Waals surface area contributed by atoms with E-state index in [1.807, 2.05) is 91.0 Å². The third-order valence-electron chi connectivity index (χ3n) is 10.1. The highest BCUT2D eigenvalue weighted by Gasteiger charge is 2.24. The predicted octanol–water partition coefficient (Wildman–Crippen LogP) is 13.0. The number of furan rings is 1. The minimum Gasteiger partial charge on any atom is -0.455 e. The Morgan fingerprint density at radius 3 is 1.95 bits per heavy atom. The summed E-state index contributed by atoms with van der Waals surface area (Å²) in [6.07, 6.45) is 0. The monoisotopic (exact) mass is 745 g/mol. The summed E-state index contributed by atoms with van der Waals surface area (Å²) in [5.74, 6) is -1.12. The van der Waals surface area contributed by atoms with E-state index in [1.54, 1.807) is 4.57 Å². The molecule has 0 aliphatic heterocycles. The van der Waals surface area contributed by atoms with E-state index >= 15 is 0 Å². The number of benzene rings is 8. The van der Waals surface area contributed by atoms with Crippen LogP contribution in [0.15, 0.2) is 192 Å². The lowest BCUT2D eigenvalue weighted by molar-refractivity contribution is 0.669. The molecule has 0 fully saturated rings. The lowest BCUT2D eigenvalue weighted by atomic mass is 10.0. The third kappa shape index (κ3) is 4.81. The molecule has 0 aliphatic rings. The molecule has 4 aromatic heterocycles. The molecular formula is C51H31N5O. The molecule has 0 unspecified atom stereocenters. The molecule has 8 aromatic carbocycles. The number of hydrogen-bond donors (Lipinski definition) is 0. The van der Waals surface area contributed by atoms with Crippen molar-refractivity contribution >= 4 is 65.6 Å². The lowest BCUT2D eigenvalue weighted by Crippen LogP contribution is -2.06. The Morgan fingerprint density at radius 2 is 1.11 bits per heavy atom. The lowest BCUT2D eigenvalue weighted by Gasteiger charge is -2.12. The van der Waals surface area contributed by atoms with Crippen LogP contribution in [0.25, 0.3) is 111 Å². The van der Waals surface area contributed by atoms with Gasteiger partial charge in [-0.05, 0) is 53.5 Å². The Morgan fingerprint density at radius 1 is 0.439 bits per heavy atom. The van der Waals surface area contributed by atoms with Gasteiger partial charge in [-0.2, -0.15) is 9.97 Å². The molecular weight excluding hydrogens is 699 g/mol. The Bertz CT molecular complexity index is 4420. The average Bonchev–Trinajstić information content (AvgIpc) is 4.07. The zero-order chi connectivity index (χ0) is 51.4. The van der Waals surface area contributed by atoms with Gasteiger partial charge < -0.3 is 8.98 Å². The van der Waals surface area contributed by atoms with Gasteiger partial charge >= 0.3 is 0 Å². The zero-order valence-corrected chi connectivity index (χ0v) is 29.3. The van der Waals surface area contributed by atoms with E-state index in [1.165, 1.54) is 0 Å². The maximum Gasteiger partial charge on any atom is 0.238 e. The van der Waals surface area contributed by atoms with Crippen molar-refractivity contribution in [1.29, 1.82) is 0 Å². The number of hydrogen-bond acceptors (Lipinski definition) is 4. The van der Waals surface area contributed by atoms with Gasteiger partial charge in [-0.25, -0.2) is 4.98 Å². The van der Waals surface area contributed by atoms with Crippen molar-refractivity contribution in [2.75, 3.05) is 0 Å². The van der Waals surface area contributed by atoms with Gasteiger partial charge in [0.2, 0.25) is 5.95 Å². The molecule has 6 heteroatoms. The molecule has 6 nitrogen and oxygen atoms in total. The van der Waals surface area contributed by atoms with Crippen LogP contribution in [0.2, 0.25) is 0 Å². The summed E-state index contributed by atoms with van der Waals surface area (Å²) in [5.41, 5.74) is 1.03. The molecule has 12 aromatic rings. The van der Waals surface area contributed by atoms with Crippen molar-refractivity contribution in [3.8, 4) is 45.5 Å². The fraction of sp³-hybridized carbons (Fsp3) is 0. The molecule has 0 bridgehead atoms. The fourth-order valence-corrected chi connectivity index (χ4v) is 7.67. The van der Waals surface area contributed by atoms with Crippen LogP contribution in [0.4, 0.5) is 0 Å². The summed E-state index contributed by atoms with van der Waals surface area (Å²) in [7, 11) is 0. The Kier molecular flexibility index (Phi) is 4.26. The highest BCUT2D eigenvalue weighted by molar-refractivity contribution is 6.26. The van der Waals surface area contributed by atoms with E-state index in [0.29, 0.717) is 11.0 Å². The topological polar surface area (TPSA) is 61.7 Å². The minimum absolute atomic E-state index is 0.186. The van der Waals surface area contributed by atoms with Gasteiger partial charge in [-0.3, -0.25) is 4.57 Å². The molecule has 0 saturated carbocycles. The number of fused-ring (bicyclic) bond motifs is 10. The molecule has 266 valence electrons. The second-order valence-electron chi connectivity index (χ2n) is 13.2. The van der Waals surface area contributed by atoms with Crippen LogP contribution >= 0.6 is 0 Å². The van der Waals surface area contributed by atoms with Crippen LogP contribution in [-0.2, 0) is 0 Å². The molecule has 0 radical (unpaired) electrons. The second-order valence-corrected chi connectivity index (χ2v) is 13.2. The van der Waals surface area contributed by atoms with E-state index in [4.69, 9.17) is 34.4 Å². The van der Waals surface area contributed by atoms with Crippen molar-refractivity contribution in [1.82, 2.24) is 24.1 Å². The van der Waals surface area contributed by atoms with Crippen molar-refractivity contribution in [3.63, 3.8) is 0 Å². The van der Waals surface area contributed by atoms with Crippen LogP contribution in [0.1, 0.15) is 21.9 Å². The van der Waals surface area contributed by atoms with Crippen LogP contribution in [0.3, 0.4) is 0 Å². The summed E-state index contributed by atoms with van der Waals surface area (Å²) in [6.45, 7) is 0. The first-order valence-electron chi connectivity index (χ1n) is 25.8. The molecule has 0 spiro atoms. The molecule has 12 rings (SSSR count). The second kappa shape index (κ2) is 12.3. The quantitative estimate of drug-likeness (QED) is 0.176. The van der Waals surface area contributed by atoms with E-state index in [0.717, 1.165) is 38.3 Å². The van der Waals surface area contributed by atoms with Crippen LogP contribution in [-0.4, -0.2) is 24.1 Å².